The summed E-state index contributed by atoms with van der Waals surface area (Å²) in [6.45, 7) is 7.61. The van der Waals surface area contributed by atoms with Gasteiger partial charge in [-0.05, 0) is 40.2 Å². The lowest BCUT2D eigenvalue weighted by atomic mass is 9.95. The van der Waals surface area contributed by atoms with Crippen LogP contribution in [-0.4, -0.2) is 70.5 Å². The number of alkyl carbamates (subject to hydrolysis) is 1. The van der Waals surface area contributed by atoms with Gasteiger partial charge in [0, 0.05) is 18.2 Å². The first-order chi connectivity index (χ1) is 26.0. The van der Waals surface area contributed by atoms with Gasteiger partial charge in [0.2, 0.25) is 17.7 Å². The monoisotopic (exact) mass is 757 g/mol. The van der Waals surface area contributed by atoms with Gasteiger partial charge in [0.05, 0.1) is 35.8 Å². The fourth-order valence-electron chi connectivity index (χ4n) is 6.08. The number of nitrogens with one attached hydrogen (secondary N) is 4. The fraction of sp³-hybridized carbons (Fsp3) is 0.415. The molecule has 0 radical (unpaired) electrons. The number of ether oxygens (including phenoxy) is 1. The molecule has 0 aliphatic heterocycles. The van der Waals surface area contributed by atoms with Gasteiger partial charge < -0.3 is 35.9 Å². The lowest BCUT2D eigenvalue weighted by Crippen LogP contribution is -2.57. The van der Waals surface area contributed by atoms with Gasteiger partial charge in [-0.15, -0.1) is 11.3 Å². The number of amides is 4. The molecule has 13 heteroatoms. The van der Waals surface area contributed by atoms with E-state index < -0.39 is 54.1 Å². The lowest BCUT2D eigenvalue weighted by molar-refractivity contribution is -0.131. The molecule has 4 amide bonds. The highest BCUT2D eigenvalue weighted by molar-refractivity contribution is 7.07. The number of benzene rings is 3. The molecule has 0 saturated carbocycles. The van der Waals surface area contributed by atoms with Crippen molar-refractivity contribution in [2.45, 2.75) is 96.7 Å². The average molecular weight is 758 g/mol. The normalized spacial score (nSPS) is 14.6. The highest BCUT2D eigenvalue weighted by Crippen LogP contribution is 2.21. The number of fused-ring (bicyclic) bond motifs is 1. The summed E-state index contributed by atoms with van der Waals surface area (Å²) in [5, 5.41) is 26.0. The van der Waals surface area contributed by atoms with Crippen molar-refractivity contribution in [2.75, 3.05) is 0 Å². The van der Waals surface area contributed by atoms with E-state index in [0.717, 1.165) is 21.9 Å². The van der Waals surface area contributed by atoms with Crippen molar-refractivity contribution in [3.63, 3.8) is 0 Å². The number of aldehydes is 1. The van der Waals surface area contributed by atoms with Gasteiger partial charge in [-0.1, -0.05) is 107 Å². The number of hydrogen-bond acceptors (Lipinski definition) is 9. The maximum absolute atomic E-state index is 14.2. The first-order valence-corrected chi connectivity index (χ1v) is 19.3. The highest BCUT2D eigenvalue weighted by Gasteiger charge is 2.32. The Bertz CT molecular complexity index is 1820. The number of nitrogens with zero attached hydrogens (tertiary/aromatic N) is 1. The van der Waals surface area contributed by atoms with E-state index in [1.807, 2.05) is 100 Å². The van der Waals surface area contributed by atoms with Gasteiger partial charge >= 0.3 is 6.09 Å². The van der Waals surface area contributed by atoms with E-state index in [1.165, 1.54) is 11.3 Å². The third-order valence-electron chi connectivity index (χ3n) is 9.30. The molecule has 4 aromatic rings. The molecule has 1 aromatic heterocycles. The minimum atomic E-state index is -1.28. The number of thiazole rings is 1. The van der Waals surface area contributed by atoms with E-state index in [0.29, 0.717) is 24.8 Å². The van der Waals surface area contributed by atoms with Crippen molar-refractivity contribution >= 4 is 52.2 Å². The minimum Gasteiger partial charge on any atom is -0.445 e. The van der Waals surface area contributed by atoms with Gasteiger partial charge in [0.25, 0.3) is 0 Å². The van der Waals surface area contributed by atoms with E-state index in [9.17, 15) is 29.1 Å². The van der Waals surface area contributed by atoms with E-state index in [4.69, 9.17) is 4.74 Å². The molecule has 3 unspecified atom stereocenters. The van der Waals surface area contributed by atoms with E-state index in [1.54, 1.807) is 10.9 Å². The summed E-state index contributed by atoms with van der Waals surface area (Å²) in [5.41, 5.74) is 3.76. The molecular weight excluding hydrogens is 707 g/mol. The topological polar surface area (TPSA) is 176 Å². The standard InChI is InChI=1S/C41H51N5O7S/c1-5-27(4)36(22-47)43-38(49)21-37(48)33(18-26(2)3)44-40(51)35(20-31-24-54-25-42-31)45-39(50)34(46-41(52)53-23-28-12-7-6-8-13-28)19-30-16-11-15-29-14-9-10-17-32(29)30/h6-17,22,24-27,33-37,48H,5,18-21,23H2,1-4H3,(H,43,49)(H,44,51)(H,45,50)(H,46,52)/t27?,33?,34-,35-,36+,37?/m0/s1. The minimum absolute atomic E-state index is 0.00481. The molecule has 0 bridgehead atoms. The quantitative estimate of drug-likeness (QED) is 0.0794. The Labute approximate surface area is 320 Å². The number of rotatable bonds is 20. The Morgan fingerprint density at radius 2 is 1.54 bits per heavy atom. The first-order valence-electron chi connectivity index (χ1n) is 18.3. The summed E-state index contributed by atoms with van der Waals surface area (Å²) in [4.78, 5) is 70.2. The summed E-state index contributed by atoms with van der Waals surface area (Å²) in [6.07, 6.45) is -0.606. The summed E-state index contributed by atoms with van der Waals surface area (Å²) in [6, 6.07) is 18.7. The molecule has 6 atom stereocenters. The maximum atomic E-state index is 14.2. The van der Waals surface area contributed by atoms with Gasteiger partial charge in [0.15, 0.2) is 0 Å². The molecule has 3 aromatic carbocycles. The molecule has 12 nitrogen and oxygen atoms in total. The number of aliphatic hydroxyl groups is 1. The van der Waals surface area contributed by atoms with Crippen LogP contribution in [0, 0.1) is 11.8 Å². The van der Waals surface area contributed by atoms with Crippen LogP contribution in [0.5, 0.6) is 0 Å². The summed E-state index contributed by atoms with van der Waals surface area (Å²) >= 11 is 1.34. The average Bonchev–Trinajstić information content (AvgIpc) is 3.68. The van der Waals surface area contributed by atoms with E-state index in [2.05, 4.69) is 26.3 Å². The van der Waals surface area contributed by atoms with Crippen molar-refractivity contribution in [1.82, 2.24) is 26.3 Å². The predicted octanol–water partition coefficient (Wildman–Crippen LogP) is 4.87. The smallest absolute Gasteiger partial charge is 0.408 e. The zero-order chi connectivity index (χ0) is 39.0. The molecule has 0 saturated heterocycles. The SMILES string of the molecule is CCC(C)[C@@H](C=O)NC(=O)CC(O)C(CC(C)C)NC(=O)[C@H](Cc1cscn1)NC(=O)[C@H](Cc1cccc2ccccc12)NC(=O)OCc1ccccc1. The molecule has 54 heavy (non-hydrogen) atoms. The second kappa shape index (κ2) is 20.9. The molecule has 5 N–H and O–H groups in total. The van der Waals surface area contributed by atoms with Crippen molar-refractivity contribution in [2.24, 2.45) is 11.8 Å². The van der Waals surface area contributed by atoms with Crippen molar-refractivity contribution in [3.8, 4) is 0 Å². The largest absolute Gasteiger partial charge is 0.445 e. The van der Waals surface area contributed by atoms with Gasteiger partial charge in [0.1, 0.15) is 25.0 Å². The lowest BCUT2D eigenvalue weighted by Gasteiger charge is -2.29. The Kier molecular flexibility index (Phi) is 16.1. The number of hydrogen-bond donors (Lipinski definition) is 5. The highest BCUT2D eigenvalue weighted by atomic mass is 32.1. The van der Waals surface area contributed by atoms with E-state index >= 15 is 0 Å². The summed E-state index contributed by atoms with van der Waals surface area (Å²) < 4.78 is 5.47. The Morgan fingerprint density at radius 1 is 0.852 bits per heavy atom. The van der Waals surface area contributed by atoms with Crippen LogP contribution in [0.1, 0.15) is 63.8 Å². The van der Waals surface area contributed by atoms with Crippen LogP contribution < -0.4 is 21.3 Å². The molecule has 0 spiro atoms. The molecule has 0 aliphatic rings. The number of aliphatic hydroxyl groups excluding tert-OH is 1. The van der Waals surface area contributed by atoms with E-state index in [-0.39, 0.29) is 37.7 Å². The summed E-state index contributed by atoms with van der Waals surface area (Å²) in [5.74, 6) is -1.80. The Hall–Kier alpha value is -5.14. The van der Waals surface area contributed by atoms with Crippen LogP contribution in [-0.2, 0) is 43.4 Å². The van der Waals surface area contributed by atoms with Crippen LogP contribution >= 0.6 is 11.3 Å². The molecule has 1 heterocycles. The fourth-order valence-corrected chi connectivity index (χ4v) is 6.65. The molecular formula is C41H51N5O7S. The third kappa shape index (κ3) is 12.8. The van der Waals surface area contributed by atoms with Crippen LogP contribution in [0.15, 0.2) is 83.7 Å². The van der Waals surface area contributed by atoms with Crippen molar-refractivity contribution in [1.29, 1.82) is 0 Å². The predicted molar refractivity (Wildman–Crippen MR) is 208 cm³/mol. The van der Waals surface area contributed by atoms with Gasteiger partial charge in [-0.3, -0.25) is 14.4 Å². The number of carbonyl (C=O) groups is 5. The number of carbonyl (C=O) groups excluding carboxylic acids is 5. The zero-order valence-electron chi connectivity index (χ0n) is 31.2. The zero-order valence-corrected chi connectivity index (χ0v) is 32.0. The first kappa shape index (κ1) is 41.6. The van der Waals surface area contributed by atoms with Crippen LogP contribution in [0.3, 0.4) is 0 Å². The second-order valence-corrected chi connectivity index (χ2v) is 14.7. The second-order valence-electron chi connectivity index (χ2n) is 14.0. The Balaban J connectivity index is 1.55. The molecule has 288 valence electrons. The van der Waals surface area contributed by atoms with Crippen molar-refractivity contribution in [3.05, 3.63) is 101 Å². The maximum Gasteiger partial charge on any atom is 0.408 e. The van der Waals surface area contributed by atoms with Crippen molar-refractivity contribution < 1.29 is 33.8 Å². The van der Waals surface area contributed by atoms with Crippen LogP contribution in [0.2, 0.25) is 0 Å². The summed E-state index contributed by atoms with van der Waals surface area (Å²) in [7, 11) is 0. The number of aromatic nitrogens is 1. The molecule has 4 rings (SSSR count). The Morgan fingerprint density at radius 3 is 2.22 bits per heavy atom. The molecule has 0 aliphatic carbocycles. The van der Waals surface area contributed by atoms with Crippen LogP contribution in [0.25, 0.3) is 10.8 Å². The van der Waals surface area contributed by atoms with Gasteiger partial charge in [-0.2, -0.15) is 0 Å². The molecule has 0 fully saturated rings. The third-order valence-corrected chi connectivity index (χ3v) is 9.93. The van der Waals surface area contributed by atoms with Gasteiger partial charge in [-0.25, -0.2) is 9.78 Å². The van der Waals surface area contributed by atoms with Crippen LogP contribution in [0.4, 0.5) is 4.79 Å².